The maximum Gasteiger partial charge on any atom is 0.324 e. The number of aliphatic hydroxyl groups excluding tert-OH is 1. The molecule has 1 aromatic rings. The van der Waals surface area contributed by atoms with E-state index in [0.717, 1.165) is 11.3 Å². The normalized spacial score (nSPS) is 15.3. The SMILES string of the molecule is CC(O)[C@H](N)c1csc([N+](=O)[O-])c1. The van der Waals surface area contributed by atoms with Crippen LogP contribution in [0.25, 0.3) is 0 Å². The molecule has 0 spiro atoms. The van der Waals surface area contributed by atoms with Crippen LogP contribution in [0.4, 0.5) is 5.00 Å². The van der Waals surface area contributed by atoms with Crippen LogP contribution in [-0.2, 0) is 0 Å². The quantitative estimate of drug-likeness (QED) is 0.566. The van der Waals surface area contributed by atoms with Crippen LogP contribution in [0.15, 0.2) is 11.4 Å². The molecular formula is C7H10N2O3S. The van der Waals surface area contributed by atoms with Gasteiger partial charge in [-0.1, -0.05) is 11.3 Å². The maximum atomic E-state index is 10.3. The van der Waals surface area contributed by atoms with Crippen LogP contribution in [0.5, 0.6) is 0 Å². The molecular weight excluding hydrogens is 192 g/mol. The predicted molar refractivity (Wildman–Crippen MR) is 49.6 cm³/mol. The Kier molecular flexibility index (Phi) is 2.97. The standard InChI is InChI=1S/C7H10N2O3S/c1-4(10)7(8)5-2-6(9(11)12)13-3-5/h2-4,7,10H,8H2,1H3/t4?,7-/m0/s1. The van der Waals surface area contributed by atoms with Gasteiger partial charge in [0.1, 0.15) is 0 Å². The molecule has 5 nitrogen and oxygen atoms in total. The highest BCUT2D eigenvalue weighted by molar-refractivity contribution is 7.13. The third-order valence-corrected chi connectivity index (χ3v) is 2.59. The first-order valence-electron chi connectivity index (χ1n) is 3.69. The lowest BCUT2D eigenvalue weighted by molar-refractivity contribution is -0.380. The molecule has 0 aliphatic rings. The lowest BCUT2D eigenvalue weighted by Crippen LogP contribution is -2.22. The van der Waals surface area contributed by atoms with Gasteiger partial charge in [-0.15, -0.1) is 0 Å². The number of nitrogens with zero attached hydrogens (tertiary/aromatic N) is 1. The molecule has 0 saturated heterocycles. The number of nitro groups is 1. The second-order valence-electron chi connectivity index (χ2n) is 2.74. The maximum absolute atomic E-state index is 10.3. The van der Waals surface area contributed by atoms with Crippen molar-refractivity contribution in [3.63, 3.8) is 0 Å². The highest BCUT2D eigenvalue weighted by atomic mass is 32.1. The summed E-state index contributed by atoms with van der Waals surface area (Å²) in [5.41, 5.74) is 6.19. The van der Waals surface area contributed by atoms with E-state index < -0.39 is 17.1 Å². The first-order chi connectivity index (χ1) is 6.02. The highest BCUT2D eigenvalue weighted by Crippen LogP contribution is 2.27. The zero-order chi connectivity index (χ0) is 10.0. The number of thiophene rings is 1. The van der Waals surface area contributed by atoms with Crippen molar-refractivity contribution in [3.8, 4) is 0 Å². The fourth-order valence-electron chi connectivity index (χ4n) is 0.888. The minimum Gasteiger partial charge on any atom is -0.391 e. The van der Waals surface area contributed by atoms with Crippen LogP contribution in [-0.4, -0.2) is 16.1 Å². The molecule has 72 valence electrons. The van der Waals surface area contributed by atoms with E-state index in [1.807, 2.05) is 0 Å². The lowest BCUT2D eigenvalue weighted by Gasteiger charge is -2.11. The molecule has 6 heteroatoms. The minimum atomic E-state index is -0.700. The van der Waals surface area contributed by atoms with Crippen molar-refractivity contribution in [2.45, 2.75) is 19.1 Å². The molecule has 1 aromatic heterocycles. The van der Waals surface area contributed by atoms with Gasteiger partial charge in [0.15, 0.2) is 0 Å². The van der Waals surface area contributed by atoms with Gasteiger partial charge in [-0.3, -0.25) is 10.1 Å². The summed E-state index contributed by atoms with van der Waals surface area (Å²) in [6.07, 6.45) is -0.700. The minimum absolute atomic E-state index is 0.0473. The van der Waals surface area contributed by atoms with Crippen LogP contribution in [0.3, 0.4) is 0 Å². The smallest absolute Gasteiger partial charge is 0.324 e. The Balaban J connectivity index is 2.85. The van der Waals surface area contributed by atoms with Gasteiger partial charge < -0.3 is 10.8 Å². The molecule has 1 rings (SSSR count). The Morgan fingerprint density at radius 3 is 2.77 bits per heavy atom. The molecule has 3 N–H and O–H groups in total. The Morgan fingerprint density at radius 2 is 2.38 bits per heavy atom. The van der Waals surface area contributed by atoms with Crippen LogP contribution in [0.2, 0.25) is 0 Å². The van der Waals surface area contributed by atoms with E-state index in [0.29, 0.717) is 5.56 Å². The van der Waals surface area contributed by atoms with E-state index in [4.69, 9.17) is 10.8 Å². The van der Waals surface area contributed by atoms with Gasteiger partial charge >= 0.3 is 5.00 Å². The molecule has 0 saturated carbocycles. The van der Waals surface area contributed by atoms with Crippen molar-refractivity contribution in [3.05, 3.63) is 27.1 Å². The molecule has 0 aromatic carbocycles. The van der Waals surface area contributed by atoms with Crippen molar-refractivity contribution in [2.75, 3.05) is 0 Å². The molecule has 0 amide bonds. The van der Waals surface area contributed by atoms with Gasteiger partial charge in [-0.2, -0.15) is 0 Å². The Bertz CT molecular complexity index is 310. The Labute approximate surface area is 79.0 Å². The summed E-state index contributed by atoms with van der Waals surface area (Å²) >= 11 is 1.01. The topological polar surface area (TPSA) is 89.4 Å². The summed E-state index contributed by atoms with van der Waals surface area (Å²) in [6.45, 7) is 1.55. The number of rotatable bonds is 3. The third-order valence-electron chi connectivity index (χ3n) is 1.69. The van der Waals surface area contributed by atoms with Gasteiger partial charge in [0.25, 0.3) is 0 Å². The van der Waals surface area contributed by atoms with Crippen molar-refractivity contribution < 1.29 is 10.0 Å². The van der Waals surface area contributed by atoms with Gasteiger partial charge in [0.2, 0.25) is 0 Å². The van der Waals surface area contributed by atoms with Crippen molar-refractivity contribution in [2.24, 2.45) is 5.73 Å². The molecule has 0 fully saturated rings. The second-order valence-corrected chi connectivity index (χ2v) is 3.63. The van der Waals surface area contributed by atoms with E-state index in [1.165, 1.54) is 6.07 Å². The second kappa shape index (κ2) is 3.82. The van der Waals surface area contributed by atoms with E-state index in [2.05, 4.69) is 0 Å². The fourth-order valence-corrected chi connectivity index (χ4v) is 1.66. The molecule has 0 radical (unpaired) electrons. The van der Waals surface area contributed by atoms with Crippen molar-refractivity contribution in [1.29, 1.82) is 0 Å². The lowest BCUT2D eigenvalue weighted by atomic mass is 10.1. The van der Waals surface area contributed by atoms with Gasteiger partial charge in [0, 0.05) is 11.4 Å². The fraction of sp³-hybridized carbons (Fsp3) is 0.429. The monoisotopic (exact) mass is 202 g/mol. The summed E-state index contributed by atoms with van der Waals surface area (Å²) in [5.74, 6) is 0. The summed E-state index contributed by atoms with van der Waals surface area (Å²) in [6, 6.07) is 0.840. The van der Waals surface area contributed by atoms with E-state index >= 15 is 0 Å². The van der Waals surface area contributed by atoms with Crippen molar-refractivity contribution >= 4 is 16.3 Å². The first-order valence-corrected chi connectivity index (χ1v) is 4.57. The summed E-state index contributed by atoms with van der Waals surface area (Å²) in [7, 11) is 0. The molecule has 13 heavy (non-hydrogen) atoms. The molecule has 1 heterocycles. The Morgan fingerprint density at radius 1 is 1.77 bits per heavy atom. The van der Waals surface area contributed by atoms with Gasteiger partial charge in [0.05, 0.1) is 17.1 Å². The Hall–Kier alpha value is -0.980. The average molecular weight is 202 g/mol. The van der Waals surface area contributed by atoms with E-state index in [9.17, 15) is 10.1 Å². The number of aliphatic hydroxyl groups is 1. The summed E-state index contributed by atoms with van der Waals surface area (Å²) in [4.78, 5) is 9.85. The zero-order valence-corrected chi connectivity index (χ0v) is 7.82. The summed E-state index contributed by atoms with van der Waals surface area (Å²) < 4.78 is 0. The van der Waals surface area contributed by atoms with Gasteiger partial charge in [-0.05, 0) is 12.5 Å². The van der Waals surface area contributed by atoms with E-state index in [1.54, 1.807) is 12.3 Å². The molecule has 1 unspecified atom stereocenters. The largest absolute Gasteiger partial charge is 0.391 e. The van der Waals surface area contributed by atoms with Crippen LogP contribution >= 0.6 is 11.3 Å². The number of nitrogens with two attached hydrogens (primary N) is 1. The van der Waals surface area contributed by atoms with Crippen LogP contribution in [0, 0.1) is 10.1 Å². The summed E-state index contributed by atoms with van der Waals surface area (Å²) in [5, 5.41) is 21.1. The molecule has 2 atom stereocenters. The molecule has 0 aliphatic carbocycles. The number of hydrogen-bond donors (Lipinski definition) is 2. The molecule has 0 aliphatic heterocycles. The van der Waals surface area contributed by atoms with Crippen LogP contribution in [0.1, 0.15) is 18.5 Å². The van der Waals surface area contributed by atoms with Crippen molar-refractivity contribution in [1.82, 2.24) is 0 Å². The van der Waals surface area contributed by atoms with E-state index in [-0.39, 0.29) is 5.00 Å². The predicted octanol–water partition coefficient (Wildman–Crippen LogP) is 1.04. The van der Waals surface area contributed by atoms with Gasteiger partial charge in [-0.25, -0.2) is 0 Å². The molecule has 0 bridgehead atoms. The zero-order valence-electron chi connectivity index (χ0n) is 7.01. The highest BCUT2D eigenvalue weighted by Gasteiger charge is 2.17. The third kappa shape index (κ3) is 2.24. The number of hydrogen-bond acceptors (Lipinski definition) is 5. The average Bonchev–Trinajstić information content (AvgIpc) is 2.50. The van der Waals surface area contributed by atoms with Crippen LogP contribution < -0.4 is 5.73 Å². The first kappa shape index (κ1) is 10.1.